The third kappa shape index (κ3) is 2.71. The van der Waals surface area contributed by atoms with Crippen molar-refractivity contribution in [3.63, 3.8) is 0 Å². The molecule has 1 nitrogen and oxygen atoms in total. The minimum atomic E-state index is -0.211. The molecule has 0 spiro atoms. The third-order valence-corrected chi connectivity index (χ3v) is 2.40. The van der Waals surface area contributed by atoms with Gasteiger partial charge in [-0.15, -0.1) is 0 Å². The van der Waals surface area contributed by atoms with Crippen molar-refractivity contribution in [1.82, 2.24) is 0 Å². The van der Waals surface area contributed by atoms with Gasteiger partial charge in [-0.1, -0.05) is 6.07 Å². The van der Waals surface area contributed by atoms with Crippen LogP contribution in [0.25, 0.3) is 0 Å². The summed E-state index contributed by atoms with van der Waals surface area (Å²) in [5, 5.41) is 0. The van der Waals surface area contributed by atoms with Crippen LogP contribution >= 0.6 is 12.0 Å². The van der Waals surface area contributed by atoms with Crippen LogP contribution < -0.4 is 0 Å². The highest BCUT2D eigenvalue weighted by atomic mass is 32.2. The fourth-order valence-corrected chi connectivity index (χ4v) is 1.64. The van der Waals surface area contributed by atoms with E-state index >= 15 is 0 Å². The van der Waals surface area contributed by atoms with E-state index in [-0.39, 0.29) is 11.9 Å². The lowest BCUT2D eigenvalue weighted by Crippen LogP contribution is -1.98. The summed E-state index contributed by atoms with van der Waals surface area (Å²) < 4.78 is 18.2. The predicted molar refractivity (Wildman–Crippen MR) is 54.2 cm³/mol. The number of aryl methyl sites for hydroxylation is 1. The highest BCUT2D eigenvalue weighted by Gasteiger charge is 2.09. The van der Waals surface area contributed by atoms with Crippen LogP contribution in [0.2, 0.25) is 0 Å². The van der Waals surface area contributed by atoms with Crippen LogP contribution in [0.5, 0.6) is 0 Å². The lowest BCUT2D eigenvalue weighted by atomic mass is 10.0. The van der Waals surface area contributed by atoms with E-state index in [0.29, 0.717) is 0 Å². The second-order valence-electron chi connectivity index (χ2n) is 2.91. The molecular formula is C10H13FOS. The largest absolute Gasteiger partial charge is 0.308 e. The third-order valence-electron chi connectivity index (χ3n) is 1.92. The molecule has 0 radical (unpaired) electrons. The maximum Gasteiger partial charge on any atom is 0.123 e. The van der Waals surface area contributed by atoms with Gasteiger partial charge in [-0.3, -0.25) is 0 Å². The Bertz CT molecular complexity index is 288. The SMILES string of the molecule is CSOC(C)c1cc(F)ccc1C. The molecule has 1 atom stereocenters. The lowest BCUT2D eigenvalue weighted by Gasteiger charge is -2.13. The molecule has 1 rings (SSSR count). The van der Waals surface area contributed by atoms with Gasteiger partial charge in [0.2, 0.25) is 0 Å². The topological polar surface area (TPSA) is 9.23 Å². The van der Waals surface area contributed by atoms with Crippen molar-refractivity contribution in [2.75, 3.05) is 6.26 Å². The molecule has 1 aromatic carbocycles. The molecular weight excluding hydrogens is 187 g/mol. The molecule has 13 heavy (non-hydrogen) atoms. The molecule has 1 unspecified atom stereocenters. The quantitative estimate of drug-likeness (QED) is 0.691. The maximum absolute atomic E-state index is 12.9. The van der Waals surface area contributed by atoms with Gasteiger partial charge in [0.15, 0.2) is 0 Å². The Morgan fingerprint density at radius 2 is 2.15 bits per heavy atom. The van der Waals surface area contributed by atoms with E-state index < -0.39 is 0 Å². The van der Waals surface area contributed by atoms with E-state index in [1.165, 1.54) is 24.2 Å². The van der Waals surface area contributed by atoms with Crippen molar-refractivity contribution < 1.29 is 8.57 Å². The normalized spacial score (nSPS) is 12.9. The first-order chi connectivity index (χ1) is 6.15. The first-order valence-electron chi connectivity index (χ1n) is 4.10. The summed E-state index contributed by atoms with van der Waals surface area (Å²) in [4.78, 5) is 0. The molecule has 0 saturated heterocycles. The number of hydrogen-bond acceptors (Lipinski definition) is 2. The number of halogens is 1. The molecule has 3 heteroatoms. The second kappa shape index (κ2) is 4.63. The first kappa shape index (κ1) is 10.5. The average molecular weight is 200 g/mol. The van der Waals surface area contributed by atoms with Crippen LogP contribution in [0.4, 0.5) is 4.39 Å². The zero-order valence-corrected chi connectivity index (χ0v) is 8.82. The van der Waals surface area contributed by atoms with Crippen molar-refractivity contribution >= 4 is 12.0 Å². The van der Waals surface area contributed by atoms with Crippen molar-refractivity contribution in [3.05, 3.63) is 35.1 Å². The van der Waals surface area contributed by atoms with Crippen LogP contribution in [0.3, 0.4) is 0 Å². The Morgan fingerprint density at radius 1 is 1.46 bits per heavy atom. The summed E-state index contributed by atoms with van der Waals surface area (Å²) in [5.74, 6) is -0.211. The summed E-state index contributed by atoms with van der Waals surface area (Å²) >= 11 is 1.30. The van der Waals surface area contributed by atoms with Gasteiger partial charge < -0.3 is 4.18 Å². The Labute approximate surface area is 82.5 Å². The van der Waals surface area contributed by atoms with Crippen molar-refractivity contribution in [1.29, 1.82) is 0 Å². The van der Waals surface area contributed by atoms with Gasteiger partial charge >= 0.3 is 0 Å². The monoisotopic (exact) mass is 200 g/mol. The van der Waals surface area contributed by atoms with Crippen LogP contribution in [0.15, 0.2) is 18.2 Å². The maximum atomic E-state index is 12.9. The van der Waals surface area contributed by atoms with Crippen LogP contribution in [0.1, 0.15) is 24.2 Å². The molecule has 0 aliphatic heterocycles. The molecule has 0 aliphatic rings. The zero-order valence-electron chi connectivity index (χ0n) is 8.00. The van der Waals surface area contributed by atoms with E-state index in [1.54, 1.807) is 6.07 Å². The number of benzene rings is 1. The number of rotatable bonds is 3. The van der Waals surface area contributed by atoms with Gasteiger partial charge in [-0.2, -0.15) is 0 Å². The Morgan fingerprint density at radius 3 is 2.77 bits per heavy atom. The van der Waals surface area contributed by atoms with E-state index in [9.17, 15) is 4.39 Å². The van der Waals surface area contributed by atoms with E-state index in [4.69, 9.17) is 4.18 Å². The van der Waals surface area contributed by atoms with E-state index in [1.807, 2.05) is 20.1 Å². The summed E-state index contributed by atoms with van der Waals surface area (Å²) in [5.41, 5.74) is 1.97. The average Bonchev–Trinajstić information content (AvgIpc) is 2.09. The van der Waals surface area contributed by atoms with Crippen molar-refractivity contribution in [2.24, 2.45) is 0 Å². The van der Waals surface area contributed by atoms with Gasteiger partial charge in [0.1, 0.15) is 5.82 Å². The Hall–Kier alpha value is -0.540. The second-order valence-corrected chi connectivity index (χ2v) is 3.43. The first-order valence-corrected chi connectivity index (χ1v) is 5.25. The zero-order chi connectivity index (χ0) is 9.84. The highest BCUT2D eigenvalue weighted by molar-refractivity contribution is 7.93. The molecule has 72 valence electrons. The van der Waals surface area contributed by atoms with Gasteiger partial charge in [-0.05, 0) is 49.1 Å². The van der Waals surface area contributed by atoms with Gasteiger partial charge in [0, 0.05) is 6.26 Å². The molecule has 0 bridgehead atoms. The van der Waals surface area contributed by atoms with Gasteiger partial charge in [0.05, 0.1) is 6.10 Å². The van der Waals surface area contributed by atoms with Crippen molar-refractivity contribution in [3.8, 4) is 0 Å². The number of hydrogen-bond donors (Lipinski definition) is 0. The van der Waals surface area contributed by atoms with Crippen LogP contribution in [-0.4, -0.2) is 6.26 Å². The molecule has 0 amide bonds. The summed E-state index contributed by atoms with van der Waals surface area (Å²) in [6.45, 7) is 3.87. The summed E-state index contributed by atoms with van der Waals surface area (Å²) in [6.07, 6.45) is 1.79. The predicted octanol–water partition coefficient (Wildman–Crippen LogP) is 3.49. The minimum Gasteiger partial charge on any atom is -0.308 e. The van der Waals surface area contributed by atoms with E-state index in [2.05, 4.69) is 0 Å². The van der Waals surface area contributed by atoms with Gasteiger partial charge in [-0.25, -0.2) is 4.39 Å². The standard InChI is InChI=1S/C10H13FOS/c1-7-4-5-9(11)6-10(7)8(2)12-13-3/h4-6,8H,1-3H3. The lowest BCUT2D eigenvalue weighted by molar-refractivity contribution is 0.272. The molecule has 1 aromatic rings. The smallest absolute Gasteiger partial charge is 0.123 e. The molecule has 0 heterocycles. The van der Waals surface area contributed by atoms with Crippen LogP contribution in [-0.2, 0) is 4.18 Å². The molecule has 0 fully saturated rings. The highest BCUT2D eigenvalue weighted by Crippen LogP contribution is 2.24. The summed E-state index contributed by atoms with van der Waals surface area (Å²) in [7, 11) is 0. The van der Waals surface area contributed by atoms with Crippen LogP contribution in [0, 0.1) is 12.7 Å². The fourth-order valence-electron chi connectivity index (χ4n) is 1.25. The molecule has 0 aromatic heterocycles. The molecule has 0 N–H and O–H groups in total. The van der Waals surface area contributed by atoms with Gasteiger partial charge in [0.25, 0.3) is 0 Å². The summed E-state index contributed by atoms with van der Waals surface area (Å²) in [6, 6.07) is 4.76. The minimum absolute atomic E-state index is 0.0642. The fraction of sp³-hybridized carbons (Fsp3) is 0.400. The van der Waals surface area contributed by atoms with Crippen molar-refractivity contribution in [2.45, 2.75) is 20.0 Å². The Kier molecular flexibility index (Phi) is 3.75. The Balaban J connectivity index is 2.91. The molecule has 0 saturated carbocycles. The van der Waals surface area contributed by atoms with E-state index in [0.717, 1.165) is 11.1 Å². The molecule has 0 aliphatic carbocycles.